The first-order valence-electron chi connectivity index (χ1n) is 5.06. The second-order valence-electron chi connectivity index (χ2n) is 4.18. The molecule has 1 aliphatic carbocycles. The Labute approximate surface area is 84.5 Å². The molecule has 76 valence electrons. The number of hydrogen-bond acceptors (Lipinski definition) is 2. The van der Waals surface area contributed by atoms with Crippen molar-refractivity contribution in [2.24, 2.45) is 0 Å². The van der Waals surface area contributed by atoms with E-state index >= 15 is 0 Å². The van der Waals surface area contributed by atoms with Crippen molar-refractivity contribution in [1.29, 1.82) is 0 Å². The van der Waals surface area contributed by atoms with Gasteiger partial charge in [0.1, 0.15) is 0 Å². The van der Waals surface area contributed by atoms with E-state index in [1.165, 1.54) is 0 Å². The highest BCUT2D eigenvalue weighted by molar-refractivity contribution is 5.13. The van der Waals surface area contributed by atoms with E-state index in [1.807, 2.05) is 37.3 Å². The van der Waals surface area contributed by atoms with Crippen LogP contribution in [0.3, 0.4) is 0 Å². The predicted molar refractivity (Wildman–Crippen MR) is 54.9 cm³/mol. The van der Waals surface area contributed by atoms with Crippen LogP contribution in [0.5, 0.6) is 0 Å². The molecule has 1 fully saturated rings. The third-order valence-electron chi connectivity index (χ3n) is 2.90. The van der Waals surface area contributed by atoms with Crippen LogP contribution in [0.2, 0.25) is 0 Å². The highest BCUT2D eigenvalue weighted by Crippen LogP contribution is 2.34. The largest absolute Gasteiger partial charge is 0.387 e. The van der Waals surface area contributed by atoms with Crippen molar-refractivity contribution >= 4 is 0 Å². The van der Waals surface area contributed by atoms with E-state index in [-0.39, 0.29) is 6.10 Å². The van der Waals surface area contributed by atoms with Crippen LogP contribution in [0.25, 0.3) is 0 Å². The van der Waals surface area contributed by atoms with Gasteiger partial charge >= 0.3 is 0 Å². The van der Waals surface area contributed by atoms with E-state index in [0.717, 1.165) is 18.4 Å². The third kappa shape index (κ3) is 1.97. The Bertz CT molecular complexity index is 292. The van der Waals surface area contributed by atoms with Crippen LogP contribution in [0.1, 0.15) is 25.3 Å². The Kier molecular flexibility index (Phi) is 2.57. The van der Waals surface area contributed by atoms with Crippen LogP contribution < -0.4 is 0 Å². The molecule has 14 heavy (non-hydrogen) atoms. The van der Waals surface area contributed by atoms with Crippen molar-refractivity contribution < 1.29 is 9.84 Å². The van der Waals surface area contributed by atoms with Gasteiger partial charge in [0.05, 0.1) is 18.3 Å². The van der Waals surface area contributed by atoms with Crippen LogP contribution in [0, 0.1) is 0 Å². The summed E-state index contributed by atoms with van der Waals surface area (Å²) < 4.78 is 5.63. The lowest BCUT2D eigenvalue weighted by molar-refractivity contribution is -0.166. The molecule has 2 rings (SSSR count). The minimum atomic E-state index is -0.602. The third-order valence-corrected chi connectivity index (χ3v) is 2.90. The summed E-state index contributed by atoms with van der Waals surface area (Å²) in [6.07, 6.45) is 1.84. The molecule has 0 aliphatic heterocycles. The first-order valence-corrected chi connectivity index (χ1v) is 5.06. The lowest BCUT2D eigenvalue weighted by atomic mass is 9.78. The molecule has 1 saturated carbocycles. The van der Waals surface area contributed by atoms with Gasteiger partial charge in [-0.05, 0) is 25.3 Å². The zero-order chi connectivity index (χ0) is 10.0. The molecular formula is C12H16O2. The normalized spacial score (nSPS) is 31.1. The standard InChI is InChI=1S/C12H16O2/c1-12(13)8-7-11(12)14-9-10-5-3-2-4-6-10/h2-6,11,13H,7-9H2,1H3/t11-,12-/m1/s1. The Morgan fingerprint density at radius 2 is 2.14 bits per heavy atom. The molecule has 1 aromatic rings. The fraction of sp³-hybridized carbons (Fsp3) is 0.500. The maximum Gasteiger partial charge on any atom is 0.0881 e. The fourth-order valence-electron chi connectivity index (χ4n) is 1.71. The van der Waals surface area contributed by atoms with Crippen molar-refractivity contribution in [3.05, 3.63) is 35.9 Å². The number of aliphatic hydroxyl groups is 1. The van der Waals surface area contributed by atoms with Gasteiger partial charge in [0.15, 0.2) is 0 Å². The minimum absolute atomic E-state index is 0.0164. The molecule has 0 unspecified atom stereocenters. The van der Waals surface area contributed by atoms with E-state index in [9.17, 15) is 5.11 Å². The zero-order valence-electron chi connectivity index (χ0n) is 8.44. The summed E-state index contributed by atoms with van der Waals surface area (Å²) in [7, 11) is 0. The van der Waals surface area contributed by atoms with E-state index in [4.69, 9.17) is 4.74 Å². The average molecular weight is 192 g/mol. The maximum atomic E-state index is 9.73. The van der Waals surface area contributed by atoms with Crippen molar-refractivity contribution in [2.45, 2.75) is 38.1 Å². The topological polar surface area (TPSA) is 29.5 Å². The van der Waals surface area contributed by atoms with Crippen molar-refractivity contribution in [3.63, 3.8) is 0 Å². The quantitative estimate of drug-likeness (QED) is 0.794. The van der Waals surface area contributed by atoms with E-state index in [1.54, 1.807) is 0 Å². The van der Waals surface area contributed by atoms with E-state index < -0.39 is 5.60 Å². The van der Waals surface area contributed by atoms with Gasteiger partial charge in [-0.1, -0.05) is 30.3 Å². The lowest BCUT2D eigenvalue weighted by Crippen LogP contribution is -2.50. The van der Waals surface area contributed by atoms with Crippen molar-refractivity contribution in [2.75, 3.05) is 0 Å². The SMILES string of the molecule is C[C@@]1(O)CC[C@H]1OCc1ccccc1. The lowest BCUT2D eigenvalue weighted by Gasteiger charge is -2.42. The Balaban J connectivity index is 1.84. The smallest absolute Gasteiger partial charge is 0.0881 e. The van der Waals surface area contributed by atoms with E-state index in [0.29, 0.717) is 6.61 Å². The van der Waals surface area contributed by atoms with Crippen LogP contribution in [-0.4, -0.2) is 16.8 Å². The minimum Gasteiger partial charge on any atom is -0.387 e. The number of ether oxygens (including phenoxy) is 1. The molecule has 0 spiro atoms. The summed E-state index contributed by atoms with van der Waals surface area (Å²) in [4.78, 5) is 0. The Hall–Kier alpha value is -0.860. The summed E-state index contributed by atoms with van der Waals surface area (Å²) in [6.45, 7) is 2.44. The molecule has 1 N–H and O–H groups in total. The molecule has 0 saturated heterocycles. The van der Waals surface area contributed by atoms with Gasteiger partial charge < -0.3 is 9.84 Å². The summed E-state index contributed by atoms with van der Waals surface area (Å²) in [5.74, 6) is 0. The van der Waals surface area contributed by atoms with Crippen molar-refractivity contribution in [1.82, 2.24) is 0 Å². The number of benzene rings is 1. The highest BCUT2D eigenvalue weighted by atomic mass is 16.5. The first-order chi connectivity index (χ1) is 6.68. The molecule has 0 bridgehead atoms. The molecule has 2 nitrogen and oxygen atoms in total. The highest BCUT2D eigenvalue weighted by Gasteiger charge is 2.41. The summed E-state index contributed by atoms with van der Waals surface area (Å²) in [5.41, 5.74) is 0.560. The summed E-state index contributed by atoms with van der Waals surface area (Å²) in [6, 6.07) is 10.1. The van der Waals surface area contributed by atoms with Gasteiger partial charge in [0.25, 0.3) is 0 Å². The van der Waals surface area contributed by atoms with Gasteiger partial charge in [-0.2, -0.15) is 0 Å². The van der Waals surface area contributed by atoms with Gasteiger partial charge in [0.2, 0.25) is 0 Å². The van der Waals surface area contributed by atoms with Gasteiger partial charge in [-0.25, -0.2) is 0 Å². The van der Waals surface area contributed by atoms with Gasteiger partial charge in [0, 0.05) is 0 Å². The number of rotatable bonds is 3. The molecule has 2 atom stereocenters. The molecule has 0 amide bonds. The Morgan fingerprint density at radius 3 is 2.64 bits per heavy atom. The van der Waals surface area contributed by atoms with Crippen LogP contribution in [0.4, 0.5) is 0 Å². The molecule has 2 heteroatoms. The Morgan fingerprint density at radius 1 is 1.43 bits per heavy atom. The molecule has 0 aromatic heterocycles. The average Bonchev–Trinajstić information content (AvgIpc) is 2.18. The second kappa shape index (κ2) is 3.71. The maximum absolute atomic E-state index is 9.73. The fourth-order valence-corrected chi connectivity index (χ4v) is 1.71. The molecule has 1 aromatic carbocycles. The number of hydrogen-bond donors (Lipinski definition) is 1. The molecule has 0 radical (unpaired) electrons. The van der Waals surface area contributed by atoms with Crippen LogP contribution in [-0.2, 0) is 11.3 Å². The molecule has 0 heterocycles. The molecular weight excluding hydrogens is 176 g/mol. The second-order valence-corrected chi connectivity index (χ2v) is 4.18. The monoisotopic (exact) mass is 192 g/mol. The summed E-state index contributed by atoms with van der Waals surface area (Å²) >= 11 is 0. The van der Waals surface area contributed by atoms with Crippen LogP contribution in [0.15, 0.2) is 30.3 Å². The van der Waals surface area contributed by atoms with Crippen molar-refractivity contribution in [3.8, 4) is 0 Å². The zero-order valence-corrected chi connectivity index (χ0v) is 8.44. The van der Waals surface area contributed by atoms with Gasteiger partial charge in [-0.3, -0.25) is 0 Å². The van der Waals surface area contributed by atoms with Gasteiger partial charge in [-0.15, -0.1) is 0 Å². The predicted octanol–water partition coefficient (Wildman–Crippen LogP) is 2.12. The van der Waals surface area contributed by atoms with E-state index in [2.05, 4.69) is 0 Å². The molecule has 1 aliphatic rings. The first kappa shape index (κ1) is 9.69. The van der Waals surface area contributed by atoms with Crippen LogP contribution >= 0.6 is 0 Å². The summed E-state index contributed by atoms with van der Waals surface area (Å²) in [5, 5.41) is 9.73.